The molecule has 0 spiro atoms. The molecule has 2 atom stereocenters. The Morgan fingerprint density at radius 3 is 2.59 bits per heavy atom. The van der Waals surface area contributed by atoms with E-state index in [9.17, 15) is 18.0 Å². The minimum absolute atomic E-state index is 0.0882. The Morgan fingerprint density at radius 2 is 2.12 bits per heavy atom. The molecule has 0 aromatic carbocycles. The minimum Gasteiger partial charge on any atom is -0.333 e. The van der Waals surface area contributed by atoms with Gasteiger partial charge in [0.1, 0.15) is 6.54 Å². The van der Waals surface area contributed by atoms with Crippen LogP contribution in [0.25, 0.3) is 0 Å². The summed E-state index contributed by atoms with van der Waals surface area (Å²) in [6.45, 7) is 3.21. The largest absolute Gasteiger partial charge is 0.406 e. The Kier molecular flexibility index (Phi) is 4.80. The normalized spacial score (nSPS) is 25.7. The summed E-state index contributed by atoms with van der Waals surface area (Å²) < 4.78 is 36.8. The number of piperidine rings is 1. The maximum absolute atomic E-state index is 12.3. The van der Waals surface area contributed by atoms with Crippen molar-refractivity contribution < 1.29 is 18.0 Å². The molecule has 0 bridgehead atoms. The summed E-state index contributed by atoms with van der Waals surface area (Å²) in [5, 5.41) is 2.99. The Hall–Kier alpha value is -0.780. The van der Waals surface area contributed by atoms with E-state index in [-0.39, 0.29) is 6.54 Å². The molecule has 1 aliphatic heterocycles. The Morgan fingerprint density at radius 1 is 1.47 bits per heavy atom. The van der Waals surface area contributed by atoms with Gasteiger partial charge in [-0.05, 0) is 32.2 Å². The molecule has 0 aliphatic carbocycles. The molecule has 17 heavy (non-hydrogen) atoms. The molecule has 0 radical (unpaired) electrons. The number of nitrogens with zero attached hydrogens (tertiary/aromatic N) is 1. The van der Waals surface area contributed by atoms with E-state index in [1.54, 1.807) is 6.92 Å². The van der Waals surface area contributed by atoms with Crippen LogP contribution >= 0.6 is 0 Å². The number of amides is 1. The lowest BCUT2D eigenvalue weighted by Gasteiger charge is -2.32. The molecule has 0 saturated carbocycles. The van der Waals surface area contributed by atoms with Gasteiger partial charge in [0.05, 0.1) is 6.04 Å². The minimum atomic E-state index is -4.33. The Balaban J connectivity index is 2.59. The van der Waals surface area contributed by atoms with Crippen molar-refractivity contribution in [3.05, 3.63) is 0 Å². The highest BCUT2D eigenvalue weighted by Crippen LogP contribution is 2.20. The molecule has 1 saturated heterocycles. The molecular formula is C11H19F3N2O. The van der Waals surface area contributed by atoms with Crippen molar-refractivity contribution in [1.82, 2.24) is 10.2 Å². The van der Waals surface area contributed by atoms with E-state index in [1.165, 1.54) is 0 Å². The number of rotatable bonds is 3. The highest BCUT2D eigenvalue weighted by atomic mass is 19.4. The smallest absolute Gasteiger partial charge is 0.333 e. The first-order chi connectivity index (χ1) is 7.83. The average Bonchev–Trinajstić information content (AvgIpc) is 2.23. The monoisotopic (exact) mass is 252 g/mol. The molecule has 0 aromatic heterocycles. The number of alkyl halides is 3. The Labute approximate surface area is 99.4 Å². The summed E-state index contributed by atoms with van der Waals surface area (Å²) >= 11 is 0. The zero-order chi connectivity index (χ0) is 13.1. The number of hydrogen-bond acceptors (Lipinski definition) is 2. The van der Waals surface area contributed by atoms with Crippen LogP contribution in [0.1, 0.15) is 26.7 Å². The fraction of sp³-hybridized carbons (Fsp3) is 0.909. The number of hydrogen-bond donors (Lipinski definition) is 1. The van der Waals surface area contributed by atoms with E-state index < -0.39 is 24.7 Å². The summed E-state index contributed by atoms with van der Waals surface area (Å²) in [6.07, 6.45) is -2.74. The molecule has 3 nitrogen and oxygen atoms in total. The van der Waals surface area contributed by atoms with Gasteiger partial charge in [0.2, 0.25) is 5.91 Å². The van der Waals surface area contributed by atoms with Crippen molar-refractivity contribution in [3.63, 3.8) is 0 Å². The zero-order valence-electron chi connectivity index (χ0n) is 10.2. The van der Waals surface area contributed by atoms with Crippen LogP contribution in [0.3, 0.4) is 0 Å². The number of carbonyl (C=O) groups excluding carboxylic acids is 1. The van der Waals surface area contributed by atoms with Gasteiger partial charge < -0.3 is 10.2 Å². The molecule has 2 unspecified atom stereocenters. The van der Waals surface area contributed by atoms with Crippen molar-refractivity contribution in [2.24, 2.45) is 5.92 Å². The van der Waals surface area contributed by atoms with Crippen molar-refractivity contribution in [2.45, 2.75) is 38.9 Å². The number of halogens is 3. The third-order valence-electron chi connectivity index (χ3n) is 3.03. The molecule has 0 aromatic rings. The molecule has 1 aliphatic rings. The lowest BCUT2D eigenvalue weighted by molar-refractivity contribution is -0.162. The predicted octanol–water partition coefficient (Wildman–Crippen LogP) is 1.79. The molecular weight excluding hydrogens is 233 g/mol. The van der Waals surface area contributed by atoms with Crippen LogP contribution in [-0.4, -0.2) is 42.7 Å². The van der Waals surface area contributed by atoms with Gasteiger partial charge in [-0.25, -0.2) is 0 Å². The summed E-state index contributed by atoms with van der Waals surface area (Å²) in [7, 11) is 0. The van der Waals surface area contributed by atoms with Crippen LogP contribution in [0, 0.1) is 5.92 Å². The first-order valence-electron chi connectivity index (χ1n) is 5.92. The Bertz CT molecular complexity index is 268. The molecule has 1 heterocycles. The fourth-order valence-corrected chi connectivity index (χ4v) is 2.08. The van der Waals surface area contributed by atoms with Crippen LogP contribution in [0.15, 0.2) is 0 Å². The third kappa shape index (κ3) is 4.53. The van der Waals surface area contributed by atoms with Crippen molar-refractivity contribution in [2.75, 3.05) is 19.6 Å². The van der Waals surface area contributed by atoms with E-state index in [2.05, 4.69) is 5.32 Å². The standard InChI is InChI=1S/C11H19F3N2O/c1-3-16(7-11(12,13)14)10(17)9-6-8(2)4-5-15-9/h8-9,15H,3-7H2,1-2H3. The van der Waals surface area contributed by atoms with E-state index in [0.717, 1.165) is 11.3 Å². The van der Waals surface area contributed by atoms with Crippen LogP contribution in [0.5, 0.6) is 0 Å². The maximum atomic E-state index is 12.3. The van der Waals surface area contributed by atoms with Gasteiger partial charge in [-0.2, -0.15) is 13.2 Å². The molecule has 1 fully saturated rings. The van der Waals surface area contributed by atoms with Crippen LogP contribution in [-0.2, 0) is 4.79 Å². The number of nitrogens with one attached hydrogen (secondary N) is 1. The van der Waals surface area contributed by atoms with Gasteiger partial charge in [-0.1, -0.05) is 6.92 Å². The predicted molar refractivity (Wildman–Crippen MR) is 58.5 cm³/mol. The van der Waals surface area contributed by atoms with E-state index in [4.69, 9.17) is 0 Å². The summed E-state index contributed by atoms with van der Waals surface area (Å²) in [4.78, 5) is 12.8. The van der Waals surface area contributed by atoms with Gasteiger partial charge in [0.25, 0.3) is 0 Å². The quantitative estimate of drug-likeness (QED) is 0.830. The highest BCUT2D eigenvalue weighted by molar-refractivity contribution is 5.82. The molecule has 1 rings (SSSR count). The first-order valence-corrected chi connectivity index (χ1v) is 5.92. The number of likely N-dealkylation sites (N-methyl/N-ethyl adjacent to an activating group) is 1. The molecule has 1 N–H and O–H groups in total. The summed E-state index contributed by atoms with van der Waals surface area (Å²) in [5.41, 5.74) is 0. The van der Waals surface area contributed by atoms with Crippen molar-refractivity contribution >= 4 is 5.91 Å². The van der Waals surface area contributed by atoms with E-state index in [0.29, 0.717) is 18.9 Å². The second kappa shape index (κ2) is 5.71. The second-order valence-corrected chi connectivity index (χ2v) is 4.60. The third-order valence-corrected chi connectivity index (χ3v) is 3.03. The second-order valence-electron chi connectivity index (χ2n) is 4.60. The van der Waals surface area contributed by atoms with Gasteiger partial charge in [-0.3, -0.25) is 4.79 Å². The topological polar surface area (TPSA) is 32.3 Å². The summed E-state index contributed by atoms with van der Waals surface area (Å²) in [5.74, 6) is -0.0498. The van der Waals surface area contributed by atoms with Gasteiger partial charge in [-0.15, -0.1) is 0 Å². The van der Waals surface area contributed by atoms with Crippen molar-refractivity contribution in [1.29, 1.82) is 0 Å². The van der Waals surface area contributed by atoms with Crippen LogP contribution < -0.4 is 5.32 Å². The average molecular weight is 252 g/mol. The van der Waals surface area contributed by atoms with E-state index in [1.807, 2.05) is 6.92 Å². The lowest BCUT2D eigenvalue weighted by atomic mass is 9.93. The number of carbonyl (C=O) groups is 1. The summed E-state index contributed by atoms with van der Waals surface area (Å²) in [6, 6.07) is -0.457. The van der Waals surface area contributed by atoms with Gasteiger partial charge in [0, 0.05) is 6.54 Å². The fourth-order valence-electron chi connectivity index (χ4n) is 2.08. The van der Waals surface area contributed by atoms with Crippen molar-refractivity contribution in [3.8, 4) is 0 Å². The van der Waals surface area contributed by atoms with Gasteiger partial charge >= 0.3 is 6.18 Å². The highest BCUT2D eigenvalue weighted by Gasteiger charge is 2.35. The van der Waals surface area contributed by atoms with E-state index >= 15 is 0 Å². The lowest BCUT2D eigenvalue weighted by Crippen LogP contribution is -2.52. The maximum Gasteiger partial charge on any atom is 0.406 e. The van der Waals surface area contributed by atoms with Crippen LogP contribution in [0.4, 0.5) is 13.2 Å². The first kappa shape index (κ1) is 14.3. The molecule has 6 heteroatoms. The molecule has 100 valence electrons. The van der Waals surface area contributed by atoms with Gasteiger partial charge in [0.15, 0.2) is 0 Å². The SMILES string of the molecule is CCN(CC(F)(F)F)C(=O)C1CC(C)CCN1. The van der Waals surface area contributed by atoms with Crippen LogP contribution in [0.2, 0.25) is 0 Å². The molecule has 1 amide bonds. The zero-order valence-corrected chi connectivity index (χ0v) is 10.2.